The number of anilines is 1. The van der Waals surface area contributed by atoms with Crippen LogP contribution in [0.2, 0.25) is 0 Å². The Kier molecular flexibility index (Phi) is 3.19. The van der Waals surface area contributed by atoms with E-state index in [2.05, 4.69) is 47.8 Å². The van der Waals surface area contributed by atoms with Crippen molar-refractivity contribution < 1.29 is 5.11 Å². The lowest BCUT2D eigenvalue weighted by Gasteiger charge is -2.29. The molecule has 2 N–H and O–H groups in total. The molecule has 0 bridgehead atoms. The molecule has 0 saturated heterocycles. The van der Waals surface area contributed by atoms with Gasteiger partial charge in [-0.3, -0.25) is 0 Å². The highest BCUT2D eigenvalue weighted by Crippen LogP contribution is 2.37. The summed E-state index contributed by atoms with van der Waals surface area (Å²) in [5.74, 6) is 0. The summed E-state index contributed by atoms with van der Waals surface area (Å²) in [7, 11) is 0. The molecule has 21 heavy (non-hydrogen) atoms. The molecule has 0 radical (unpaired) electrons. The van der Waals surface area contributed by atoms with E-state index in [9.17, 15) is 5.11 Å². The van der Waals surface area contributed by atoms with Crippen molar-refractivity contribution in [1.29, 1.82) is 0 Å². The van der Waals surface area contributed by atoms with Crippen molar-refractivity contribution in [2.24, 2.45) is 0 Å². The predicted molar refractivity (Wildman–Crippen MR) is 86.6 cm³/mol. The fraction of sp³-hybridized carbons (Fsp3) is 0.368. The highest BCUT2D eigenvalue weighted by Gasteiger charge is 2.23. The van der Waals surface area contributed by atoms with E-state index < -0.39 is 0 Å². The quantitative estimate of drug-likeness (QED) is 0.744. The minimum atomic E-state index is -0.204. The van der Waals surface area contributed by atoms with Gasteiger partial charge in [-0.15, -0.1) is 0 Å². The van der Waals surface area contributed by atoms with Crippen LogP contribution in [-0.4, -0.2) is 17.3 Å². The van der Waals surface area contributed by atoms with Crippen molar-refractivity contribution in [3.8, 4) is 11.1 Å². The molecular weight excluding hydrogens is 258 g/mol. The van der Waals surface area contributed by atoms with Crippen LogP contribution in [0, 0.1) is 0 Å². The maximum absolute atomic E-state index is 10.1. The van der Waals surface area contributed by atoms with Crippen LogP contribution in [0.3, 0.4) is 0 Å². The third kappa shape index (κ3) is 2.34. The molecule has 0 heterocycles. The zero-order chi connectivity index (χ0) is 14.2. The lowest BCUT2D eigenvalue weighted by Crippen LogP contribution is -2.36. The largest absolute Gasteiger partial charge is 0.391 e. The Morgan fingerprint density at radius 2 is 1.71 bits per heavy atom. The SMILES string of the molecule is O[C@H]1CCCC[C@@H]1Nc1ccc2c(c1)Cc1ccccc1-2. The second-order valence-electron chi connectivity index (χ2n) is 6.31. The molecule has 1 fully saturated rings. The molecule has 0 unspecified atom stereocenters. The number of nitrogens with one attached hydrogen (secondary N) is 1. The van der Waals surface area contributed by atoms with Crippen molar-refractivity contribution >= 4 is 5.69 Å². The van der Waals surface area contributed by atoms with E-state index in [1.54, 1.807) is 0 Å². The van der Waals surface area contributed by atoms with E-state index in [0.717, 1.165) is 31.4 Å². The molecule has 2 nitrogen and oxygen atoms in total. The molecule has 108 valence electrons. The molecule has 0 aliphatic heterocycles. The maximum Gasteiger partial charge on any atom is 0.0741 e. The second kappa shape index (κ2) is 5.19. The lowest BCUT2D eigenvalue weighted by molar-refractivity contribution is 0.116. The predicted octanol–water partition coefficient (Wildman–Crippen LogP) is 3.97. The molecule has 0 spiro atoms. The summed E-state index contributed by atoms with van der Waals surface area (Å²) < 4.78 is 0. The summed E-state index contributed by atoms with van der Waals surface area (Å²) in [5, 5.41) is 13.6. The normalized spacial score (nSPS) is 23.5. The van der Waals surface area contributed by atoms with E-state index >= 15 is 0 Å². The van der Waals surface area contributed by atoms with Crippen LogP contribution in [-0.2, 0) is 6.42 Å². The number of hydrogen-bond acceptors (Lipinski definition) is 2. The minimum Gasteiger partial charge on any atom is -0.391 e. The number of hydrogen-bond donors (Lipinski definition) is 2. The summed E-state index contributed by atoms with van der Waals surface area (Å²) in [6.45, 7) is 0. The molecule has 1 saturated carbocycles. The van der Waals surface area contributed by atoms with Crippen LogP contribution in [0.15, 0.2) is 42.5 Å². The van der Waals surface area contributed by atoms with Crippen LogP contribution in [0.4, 0.5) is 5.69 Å². The van der Waals surface area contributed by atoms with Gasteiger partial charge in [0.1, 0.15) is 0 Å². The van der Waals surface area contributed by atoms with E-state index in [-0.39, 0.29) is 12.1 Å². The van der Waals surface area contributed by atoms with E-state index in [1.807, 2.05) is 0 Å². The standard InChI is InChI=1S/C19H21NO/c21-19-8-4-3-7-18(19)20-15-9-10-17-14(12-15)11-13-5-1-2-6-16(13)17/h1-2,5-6,9-10,12,18-21H,3-4,7-8,11H2/t18-,19-/m0/s1. The van der Waals surface area contributed by atoms with Gasteiger partial charge in [0.2, 0.25) is 0 Å². The number of aliphatic hydroxyl groups excluding tert-OH is 1. The molecule has 2 aliphatic rings. The molecule has 2 aromatic rings. The zero-order valence-electron chi connectivity index (χ0n) is 12.2. The van der Waals surface area contributed by atoms with Gasteiger partial charge < -0.3 is 10.4 Å². The maximum atomic E-state index is 10.1. The summed E-state index contributed by atoms with van der Waals surface area (Å²) in [5.41, 5.74) is 6.69. The molecule has 2 aromatic carbocycles. The summed E-state index contributed by atoms with van der Waals surface area (Å²) in [6, 6.07) is 15.5. The molecule has 0 amide bonds. The van der Waals surface area contributed by atoms with Crippen LogP contribution in [0.5, 0.6) is 0 Å². The van der Waals surface area contributed by atoms with Gasteiger partial charge in [0, 0.05) is 5.69 Å². The monoisotopic (exact) mass is 279 g/mol. The summed E-state index contributed by atoms with van der Waals surface area (Å²) in [4.78, 5) is 0. The van der Waals surface area contributed by atoms with Gasteiger partial charge >= 0.3 is 0 Å². The Hall–Kier alpha value is -1.80. The number of benzene rings is 2. The smallest absolute Gasteiger partial charge is 0.0741 e. The molecule has 2 atom stereocenters. The average molecular weight is 279 g/mol. The highest BCUT2D eigenvalue weighted by atomic mass is 16.3. The molecule has 2 aliphatic carbocycles. The summed E-state index contributed by atoms with van der Waals surface area (Å²) >= 11 is 0. The van der Waals surface area contributed by atoms with Gasteiger partial charge in [-0.2, -0.15) is 0 Å². The van der Waals surface area contributed by atoms with Gasteiger partial charge in [0.25, 0.3) is 0 Å². The number of aliphatic hydroxyl groups is 1. The number of fused-ring (bicyclic) bond motifs is 3. The minimum absolute atomic E-state index is 0.204. The van der Waals surface area contributed by atoms with Gasteiger partial charge in [0.15, 0.2) is 0 Å². The molecular formula is C19H21NO. The van der Waals surface area contributed by atoms with E-state index in [1.165, 1.54) is 28.7 Å². The Balaban J connectivity index is 1.58. The Morgan fingerprint density at radius 1 is 0.905 bits per heavy atom. The van der Waals surface area contributed by atoms with E-state index in [4.69, 9.17) is 0 Å². The summed E-state index contributed by atoms with van der Waals surface area (Å²) in [6.07, 6.45) is 5.18. The first kappa shape index (κ1) is 12.9. The van der Waals surface area contributed by atoms with Crippen LogP contribution in [0.1, 0.15) is 36.8 Å². The molecule has 0 aromatic heterocycles. The second-order valence-corrected chi connectivity index (χ2v) is 6.31. The molecule has 4 rings (SSSR count). The van der Waals surface area contributed by atoms with Gasteiger partial charge in [-0.1, -0.05) is 43.2 Å². The fourth-order valence-corrected chi connectivity index (χ4v) is 3.73. The Bertz CT molecular complexity index is 664. The first-order chi connectivity index (χ1) is 10.3. The van der Waals surface area contributed by atoms with Crippen molar-refractivity contribution in [3.63, 3.8) is 0 Å². The average Bonchev–Trinajstić information content (AvgIpc) is 2.87. The van der Waals surface area contributed by atoms with Crippen molar-refractivity contribution in [1.82, 2.24) is 0 Å². The zero-order valence-corrected chi connectivity index (χ0v) is 12.2. The van der Waals surface area contributed by atoms with Gasteiger partial charge in [-0.05, 0) is 53.6 Å². The van der Waals surface area contributed by atoms with Crippen molar-refractivity contribution in [2.75, 3.05) is 5.32 Å². The van der Waals surface area contributed by atoms with Crippen LogP contribution in [0.25, 0.3) is 11.1 Å². The Morgan fingerprint density at radius 3 is 2.62 bits per heavy atom. The van der Waals surface area contributed by atoms with Gasteiger partial charge in [0.05, 0.1) is 12.1 Å². The third-order valence-corrected chi connectivity index (χ3v) is 4.88. The highest BCUT2D eigenvalue weighted by molar-refractivity contribution is 5.78. The van der Waals surface area contributed by atoms with Crippen molar-refractivity contribution in [3.05, 3.63) is 53.6 Å². The topological polar surface area (TPSA) is 32.3 Å². The first-order valence-electron chi connectivity index (χ1n) is 7.97. The molecule has 2 heteroatoms. The van der Waals surface area contributed by atoms with Crippen LogP contribution < -0.4 is 5.32 Å². The fourth-order valence-electron chi connectivity index (χ4n) is 3.73. The van der Waals surface area contributed by atoms with Crippen LogP contribution >= 0.6 is 0 Å². The van der Waals surface area contributed by atoms with Gasteiger partial charge in [-0.25, -0.2) is 0 Å². The lowest BCUT2D eigenvalue weighted by atomic mass is 9.92. The third-order valence-electron chi connectivity index (χ3n) is 4.88. The number of rotatable bonds is 2. The van der Waals surface area contributed by atoms with E-state index in [0.29, 0.717) is 0 Å². The first-order valence-corrected chi connectivity index (χ1v) is 7.97. The Labute approximate surface area is 125 Å². The van der Waals surface area contributed by atoms with Crippen molar-refractivity contribution in [2.45, 2.75) is 44.2 Å².